The summed E-state index contributed by atoms with van der Waals surface area (Å²) in [5.41, 5.74) is 5.21. The molecule has 0 amide bonds. The summed E-state index contributed by atoms with van der Waals surface area (Å²) in [4.78, 5) is 4.23. The predicted octanol–water partition coefficient (Wildman–Crippen LogP) is 1.63. The summed E-state index contributed by atoms with van der Waals surface area (Å²) in [5.74, 6) is 6.57. The van der Waals surface area contributed by atoms with Crippen LogP contribution in [0, 0.1) is 6.92 Å². The van der Waals surface area contributed by atoms with Crippen LogP contribution >= 0.6 is 15.9 Å². The lowest BCUT2D eigenvalue weighted by molar-refractivity contribution is 0.521. The minimum Gasteiger partial charge on any atom is -0.271 e. The third-order valence-corrected chi connectivity index (χ3v) is 3.50. The predicted molar refractivity (Wildman–Crippen MR) is 73.7 cm³/mol. The minimum atomic E-state index is 0.0189. The topological polar surface area (TPSA) is 68.8 Å². The van der Waals surface area contributed by atoms with E-state index in [0.29, 0.717) is 6.42 Å². The molecule has 2 aromatic rings. The molecule has 18 heavy (non-hydrogen) atoms. The summed E-state index contributed by atoms with van der Waals surface area (Å²) in [6.45, 7) is 2.07. The van der Waals surface area contributed by atoms with Crippen LogP contribution in [-0.4, -0.2) is 14.8 Å². The normalized spacial score (nSPS) is 12.7. The van der Waals surface area contributed by atoms with Gasteiger partial charge in [-0.3, -0.25) is 16.0 Å². The van der Waals surface area contributed by atoms with Gasteiger partial charge in [0.05, 0.1) is 6.04 Å². The summed E-state index contributed by atoms with van der Waals surface area (Å²) < 4.78 is 2.80. The summed E-state index contributed by atoms with van der Waals surface area (Å²) in [7, 11) is 1.88. The zero-order valence-electron chi connectivity index (χ0n) is 10.4. The Labute approximate surface area is 115 Å². The third kappa shape index (κ3) is 2.77. The molecule has 6 heteroatoms. The molecule has 1 unspecified atom stereocenters. The van der Waals surface area contributed by atoms with Crippen molar-refractivity contribution in [3.05, 3.63) is 46.0 Å². The van der Waals surface area contributed by atoms with Crippen LogP contribution in [0.2, 0.25) is 0 Å². The first kappa shape index (κ1) is 13.2. The molecular weight excluding hydrogens is 294 g/mol. The van der Waals surface area contributed by atoms with Gasteiger partial charge in [-0.05, 0) is 30.2 Å². The standard InChI is InChI=1S/C12H16BrN5/c1-8-3-4-9(13)5-10(8)11(17-14)6-12-15-7-16-18(12)2/h3-5,7,11,17H,6,14H2,1-2H3. The van der Waals surface area contributed by atoms with Crippen LogP contribution in [0.4, 0.5) is 0 Å². The van der Waals surface area contributed by atoms with Crippen molar-refractivity contribution in [1.82, 2.24) is 20.2 Å². The van der Waals surface area contributed by atoms with Crippen LogP contribution in [0.25, 0.3) is 0 Å². The zero-order chi connectivity index (χ0) is 13.1. The van der Waals surface area contributed by atoms with Gasteiger partial charge in [0.1, 0.15) is 12.2 Å². The number of nitrogens with zero attached hydrogens (tertiary/aromatic N) is 3. The average molecular weight is 310 g/mol. The van der Waals surface area contributed by atoms with Gasteiger partial charge in [-0.25, -0.2) is 4.98 Å². The fourth-order valence-electron chi connectivity index (χ4n) is 1.93. The molecule has 2 rings (SSSR count). The molecule has 0 aliphatic carbocycles. The van der Waals surface area contributed by atoms with E-state index >= 15 is 0 Å². The lowest BCUT2D eigenvalue weighted by atomic mass is 9.99. The van der Waals surface area contributed by atoms with Crippen molar-refractivity contribution in [2.24, 2.45) is 12.9 Å². The van der Waals surface area contributed by atoms with Crippen LogP contribution < -0.4 is 11.3 Å². The number of hydrazine groups is 1. The Balaban J connectivity index is 2.28. The molecule has 0 aliphatic rings. The summed E-state index contributed by atoms with van der Waals surface area (Å²) >= 11 is 3.48. The molecular formula is C12H16BrN5. The fraction of sp³-hybridized carbons (Fsp3) is 0.333. The first-order chi connectivity index (χ1) is 8.61. The van der Waals surface area contributed by atoms with Gasteiger partial charge >= 0.3 is 0 Å². The molecule has 0 bridgehead atoms. The Kier molecular flexibility index (Phi) is 4.11. The summed E-state index contributed by atoms with van der Waals surface area (Å²) in [6, 6.07) is 6.19. The third-order valence-electron chi connectivity index (χ3n) is 3.01. The van der Waals surface area contributed by atoms with Crippen molar-refractivity contribution in [3.8, 4) is 0 Å². The van der Waals surface area contributed by atoms with Gasteiger partial charge in [0, 0.05) is 17.9 Å². The molecule has 0 radical (unpaired) electrons. The zero-order valence-corrected chi connectivity index (χ0v) is 12.0. The van der Waals surface area contributed by atoms with Crippen LogP contribution in [0.5, 0.6) is 0 Å². The van der Waals surface area contributed by atoms with Gasteiger partial charge in [-0.15, -0.1) is 0 Å². The molecule has 1 aromatic heterocycles. The number of halogens is 1. The highest BCUT2D eigenvalue weighted by Gasteiger charge is 2.16. The van der Waals surface area contributed by atoms with Gasteiger partial charge in [0.15, 0.2) is 0 Å². The van der Waals surface area contributed by atoms with Gasteiger partial charge in [-0.1, -0.05) is 22.0 Å². The molecule has 0 saturated carbocycles. The van der Waals surface area contributed by atoms with E-state index in [1.807, 2.05) is 13.1 Å². The molecule has 3 N–H and O–H groups in total. The monoisotopic (exact) mass is 309 g/mol. The largest absolute Gasteiger partial charge is 0.271 e. The van der Waals surface area contributed by atoms with Crippen molar-refractivity contribution in [2.75, 3.05) is 0 Å². The highest BCUT2D eigenvalue weighted by Crippen LogP contribution is 2.24. The second-order valence-corrected chi connectivity index (χ2v) is 5.14. The Hall–Kier alpha value is -1.24. The van der Waals surface area contributed by atoms with Gasteiger partial charge in [0.25, 0.3) is 0 Å². The maximum Gasteiger partial charge on any atom is 0.138 e. The number of hydrogen-bond acceptors (Lipinski definition) is 4. The van der Waals surface area contributed by atoms with E-state index in [1.54, 1.807) is 11.0 Å². The quantitative estimate of drug-likeness (QED) is 0.665. The lowest BCUT2D eigenvalue weighted by Crippen LogP contribution is -2.31. The van der Waals surface area contributed by atoms with Crippen molar-refractivity contribution in [2.45, 2.75) is 19.4 Å². The number of nitrogens with two attached hydrogens (primary N) is 1. The van der Waals surface area contributed by atoms with Crippen LogP contribution in [0.1, 0.15) is 23.0 Å². The molecule has 0 spiro atoms. The first-order valence-electron chi connectivity index (χ1n) is 5.67. The molecule has 0 aliphatic heterocycles. The van der Waals surface area contributed by atoms with Gasteiger partial charge in [0.2, 0.25) is 0 Å². The maximum absolute atomic E-state index is 5.67. The number of benzene rings is 1. The van der Waals surface area contributed by atoms with E-state index in [2.05, 4.69) is 50.5 Å². The Morgan fingerprint density at radius 1 is 1.50 bits per heavy atom. The molecule has 0 fully saturated rings. The SMILES string of the molecule is Cc1ccc(Br)cc1C(Cc1ncnn1C)NN. The van der Waals surface area contributed by atoms with E-state index in [4.69, 9.17) is 5.84 Å². The fourth-order valence-corrected chi connectivity index (χ4v) is 2.31. The van der Waals surface area contributed by atoms with Crippen LogP contribution in [-0.2, 0) is 13.5 Å². The molecule has 1 aromatic carbocycles. The van der Waals surface area contributed by atoms with Gasteiger partial charge in [-0.2, -0.15) is 5.10 Å². The van der Waals surface area contributed by atoms with Crippen molar-refractivity contribution < 1.29 is 0 Å². The van der Waals surface area contributed by atoms with E-state index in [1.165, 1.54) is 5.56 Å². The van der Waals surface area contributed by atoms with Crippen LogP contribution in [0.15, 0.2) is 29.0 Å². The van der Waals surface area contributed by atoms with Crippen molar-refractivity contribution >= 4 is 15.9 Å². The highest BCUT2D eigenvalue weighted by molar-refractivity contribution is 9.10. The van der Waals surface area contributed by atoms with Crippen molar-refractivity contribution in [1.29, 1.82) is 0 Å². The summed E-state index contributed by atoms with van der Waals surface area (Å²) in [6.07, 6.45) is 2.25. The first-order valence-corrected chi connectivity index (χ1v) is 6.46. The number of aryl methyl sites for hydroxylation is 2. The Morgan fingerprint density at radius 3 is 2.89 bits per heavy atom. The Bertz CT molecular complexity index is 537. The lowest BCUT2D eigenvalue weighted by Gasteiger charge is -2.18. The number of nitrogens with one attached hydrogen (secondary N) is 1. The number of hydrogen-bond donors (Lipinski definition) is 2. The van der Waals surface area contributed by atoms with Crippen LogP contribution in [0.3, 0.4) is 0 Å². The highest BCUT2D eigenvalue weighted by atomic mass is 79.9. The Morgan fingerprint density at radius 2 is 2.28 bits per heavy atom. The second kappa shape index (κ2) is 5.60. The smallest absolute Gasteiger partial charge is 0.138 e. The molecule has 5 nitrogen and oxygen atoms in total. The van der Waals surface area contributed by atoms with Gasteiger partial charge < -0.3 is 0 Å². The average Bonchev–Trinajstić information content (AvgIpc) is 2.75. The van der Waals surface area contributed by atoms with Crippen molar-refractivity contribution in [3.63, 3.8) is 0 Å². The maximum atomic E-state index is 5.67. The molecule has 1 atom stereocenters. The summed E-state index contributed by atoms with van der Waals surface area (Å²) in [5, 5.41) is 4.07. The minimum absolute atomic E-state index is 0.0189. The molecule has 0 saturated heterocycles. The second-order valence-electron chi connectivity index (χ2n) is 4.22. The molecule has 96 valence electrons. The van der Waals surface area contributed by atoms with E-state index < -0.39 is 0 Å². The number of aromatic nitrogens is 3. The van der Waals surface area contributed by atoms with E-state index in [0.717, 1.165) is 15.9 Å². The van der Waals surface area contributed by atoms with E-state index in [9.17, 15) is 0 Å². The molecule has 1 heterocycles. The number of rotatable bonds is 4. The van der Waals surface area contributed by atoms with E-state index in [-0.39, 0.29) is 6.04 Å².